The van der Waals surface area contributed by atoms with Crippen molar-refractivity contribution in [1.82, 2.24) is 4.57 Å². The van der Waals surface area contributed by atoms with Crippen LogP contribution in [-0.2, 0) is 17.8 Å². The number of nitrogens with one attached hydrogen (secondary N) is 2. The van der Waals surface area contributed by atoms with Gasteiger partial charge in [0.1, 0.15) is 11.1 Å². The monoisotopic (exact) mass is 426 g/mol. The predicted octanol–water partition coefficient (Wildman–Crippen LogP) is 3.81. The van der Waals surface area contributed by atoms with Crippen molar-refractivity contribution in [2.75, 3.05) is 11.1 Å². The highest BCUT2D eigenvalue weighted by atomic mass is 32.2. The van der Waals surface area contributed by atoms with Crippen molar-refractivity contribution >= 4 is 44.9 Å². The van der Waals surface area contributed by atoms with Crippen LogP contribution >= 0.6 is 23.1 Å². The number of benzene rings is 1. The molecule has 6 nitrogen and oxygen atoms in total. The second-order valence-corrected chi connectivity index (χ2v) is 8.51. The molecule has 148 valence electrons. The number of aromatic amines is 1. The molecule has 0 radical (unpaired) electrons. The van der Waals surface area contributed by atoms with Crippen molar-refractivity contribution in [2.45, 2.75) is 25.0 Å². The topological polar surface area (TPSA) is 78.4 Å². The summed E-state index contributed by atoms with van der Waals surface area (Å²) in [4.78, 5) is 30.8. The van der Waals surface area contributed by atoms with Gasteiger partial charge in [-0.15, -0.1) is 0 Å². The van der Waals surface area contributed by atoms with Crippen LogP contribution in [0.3, 0.4) is 0 Å². The van der Waals surface area contributed by atoms with Gasteiger partial charge in [0, 0.05) is 10.6 Å². The third-order valence-corrected chi connectivity index (χ3v) is 6.56. The minimum atomic E-state index is -0.132. The van der Waals surface area contributed by atoms with E-state index in [9.17, 15) is 9.59 Å². The molecule has 0 aliphatic heterocycles. The Morgan fingerprint density at radius 3 is 2.79 bits per heavy atom. The Kier molecular flexibility index (Phi) is 5.82. The van der Waals surface area contributed by atoms with Crippen LogP contribution in [0.2, 0.25) is 0 Å². The number of aromatic nitrogens is 2. The molecule has 0 bridgehead atoms. The zero-order valence-corrected chi connectivity index (χ0v) is 17.4. The molecule has 29 heavy (non-hydrogen) atoms. The van der Waals surface area contributed by atoms with Gasteiger partial charge in [-0.05, 0) is 48.5 Å². The highest BCUT2D eigenvalue weighted by Gasteiger charge is 2.22. The van der Waals surface area contributed by atoms with Gasteiger partial charge < -0.3 is 9.73 Å². The Balaban J connectivity index is 1.62. The summed E-state index contributed by atoms with van der Waals surface area (Å²) in [5, 5.41) is 4.16. The summed E-state index contributed by atoms with van der Waals surface area (Å²) in [7, 11) is 0. The normalized spacial score (nSPS) is 11.1. The standard InChI is InChI=1S/C21H19N3O3S2/c1-2-16-11-17-19(29-16)23-21(24(20(17)26)12-15-9-6-10-27-15)28-13-18(25)22-14-7-4-3-5-8-14/h3-11H,2,12-13H2,1H3,(H,22,25)/p+1. The van der Waals surface area contributed by atoms with Crippen molar-refractivity contribution in [3.63, 3.8) is 0 Å². The van der Waals surface area contributed by atoms with E-state index in [4.69, 9.17) is 4.42 Å². The molecular formula is C21H20N3O3S2+. The molecule has 0 saturated carbocycles. The number of anilines is 1. The minimum absolute atomic E-state index is 0.0860. The van der Waals surface area contributed by atoms with Crippen LogP contribution in [0.1, 0.15) is 17.6 Å². The molecule has 0 fully saturated rings. The van der Waals surface area contributed by atoms with E-state index in [-0.39, 0.29) is 17.2 Å². The Bertz CT molecular complexity index is 1180. The number of hydrogen-bond acceptors (Lipinski definition) is 5. The molecule has 3 heterocycles. The van der Waals surface area contributed by atoms with Gasteiger partial charge in [-0.1, -0.05) is 36.5 Å². The first kappa shape index (κ1) is 19.5. The van der Waals surface area contributed by atoms with Gasteiger partial charge in [0.15, 0.2) is 11.4 Å². The summed E-state index contributed by atoms with van der Waals surface area (Å²) in [5.41, 5.74) is 0.661. The fourth-order valence-corrected chi connectivity index (χ4v) is 4.81. The third kappa shape index (κ3) is 4.44. The van der Waals surface area contributed by atoms with E-state index in [0.29, 0.717) is 22.8 Å². The number of carbonyl (C=O) groups excluding carboxylic acids is 1. The molecule has 8 heteroatoms. The number of fused-ring (bicyclic) bond motifs is 1. The van der Waals surface area contributed by atoms with E-state index < -0.39 is 0 Å². The SMILES string of the molecule is CCc1cc2c(=O)n(Cc3ccco3)c(SCC(=O)Nc3ccccc3)[nH+]c2s1. The van der Waals surface area contributed by atoms with Crippen LogP contribution in [0.25, 0.3) is 10.2 Å². The smallest absolute Gasteiger partial charge is 0.347 e. The first-order valence-electron chi connectivity index (χ1n) is 9.22. The van der Waals surface area contributed by atoms with Crippen molar-refractivity contribution in [1.29, 1.82) is 0 Å². The quantitative estimate of drug-likeness (QED) is 0.360. The van der Waals surface area contributed by atoms with Crippen LogP contribution in [0, 0.1) is 0 Å². The first-order valence-corrected chi connectivity index (χ1v) is 11.0. The maximum Gasteiger partial charge on any atom is 0.347 e. The predicted molar refractivity (Wildman–Crippen MR) is 116 cm³/mol. The molecule has 1 amide bonds. The number of para-hydroxylation sites is 1. The van der Waals surface area contributed by atoms with Gasteiger partial charge in [0.25, 0.3) is 0 Å². The molecule has 3 aromatic heterocycles. The van der Waals surface area contributed by atoms with Crippen LogP contribution in [0.4, 0.5) is 5.69 Å². The molecule has 0 atom stereocenters. The average Bonchev–Trinajstić information content (AvgIpc) is 3.39. The van der Waals surface area contributed by atoms with Crippen LogP contribution in [0.5, 0.6) is 0 Å². The molecule has 2 N–H and O–H groups in total. The Morgan fingerprint density at radius 1 is 1.24 bits per heavy atom. The number of nitrogens with zero attached hydrogens (tertiary/aromatic N) is 1. The number of rotatable bonds is 7. The van der Waals surface area contributed by atoms with E-state index >= 15 is 0 Å². The largest absolute Gasteiger partial charge is 0.465 e. The highest BCUT2D eigenvalue weighted by molar-refractivity contribution is 7.99. The number of carbonyl (C=O) groups is 1. The lowest BCUT2D eigenvalue weighted by atomic mass is 10.3. The fourth-order valence-electron chi connectivity index (χ4n) is 2.94. The molecule has 0 spiro atoms. The molecule has 4 aromatic rings. The molecule has 4 rings (SSSR count). The molecule has 0 aliphatic rings. The lowest BCUT2D eigenvalue weighted by Gasteiger charge is -2.05. The van der Waals surface area contributed by atoms with Gasteiger partial charge in [0.2, 0.25) is 5.91 Å². The second-order valence-electron chi connectivity index (χ2n) is 6.41. The van der Waals surface area contributed by atoms with Crippen LogP contribution in [0.15, 0.2) is 69.2 Å². The Morgan fingerprint density at radius 2 is 2.07 bits per heavy atom. The summed E-state index contributed by atoms with van der Waals surface area (Å²) in [6.45, 7) is 2.37. The molecular weight excluding hydrogens is 406 g/mol. The lowest BCUT2D eigenvalue weighted by molar-refractivity contribution is -0.404. The van der Waals surface area contributed by atoms with E-state index in [1.54, 1.807) is 28.2 Å². The van der Waals surface area contributed by atoms with E-state index in [2.05, 4.69) is 17.2 Å². The van der Waals surface area contributed by atoms with E-state index in [0.717, 1.165) is 21.8 Å². The molecule has 1 aromatic carbocycles. The first-order chi connectivity index (χ1) is 14.1. The minimum Gasteiger partial charge on any atom is -0.465 e. The van der Waals surface area contributed by atoms with Gasteiger partial charge in [-0.2, -0.15) is 4.57 Å². The van der Waals surface area contributed by atoms with Gasteiger partial charge in [-0.3, -0.25) is 4.79 Å². The number of amides is 1. The molecule has 0 aliphatic carbocycles. The molecule has 0 unspecified atom stereocenters. The number of aryl methyl sites for hydroxylation is 1. The number of thioether (sulfide) groups is 1. The summed E-state index contributed by atoms with van der Waals surface area (Å²) < 4.78 is 7.06. The number of thiophene rings is 1. The number of H-pyrrole nitrogens is 1. The highest BCUT2D eigenvalue weighted by Crippen LogP contribution is 2.23. The van der Waals surface area contributed by atoms with E-state index in [1.807, 2.05) is 42.5 Å². The average molecular weight is 427 g/mol. The Hall–Kier alpha value is -2.84. The van der Waals surface area contributed by atoms with Crippen molar-refractivity contribution in [2.24, 2.45) is 0 Å². The maximum atomic E-state index is 13.1. The number of furan rings is 1. The zero-order chi connectivity index (χ0) is 20.2. The summed E-state index contributed by atoms with van der Waals surface area (Å²) >= 11 is 2.88. The Labute approximate surface area is 175 Å². The van der Waals surface area contributed by atoms with Crippen molar-refractivity contribution in [3.05, 3.63) is 75.8 Å². The summed E-state index contributed by atoms with van der Waals surface area (Å²) in [5.74, 6) is 0.731. The van der Waals surface area contributed by atoms with Crippen molar-refractivity contribution in [3.8, 4) is 0 Å². The van der Waals surface area contributed by atoms with Gasteiger partial charge >= 0.3 is 10.7 Å². The lowest BCUT2D eigenvalue weighted by Crippen LogP contribution is -2.30. The van der Waals surface area contributed by atoms with Crippen molar-refractivity contribution < 1.29 is 14.2 Å². The van der Waals surface area contributed by atoms with Crippen LogP contribution < -0.4 is 15.9 Å². The number of hydrogen-bond donors (Lipinski definition) is 1. The van der Waals surface area contributed by atoms with Gasteiger partial charge in [0.05, 0.1) is 12.0 Å². The van der Waals surface area contributed by atoms with E-state index in [1.165, 1.54) is 11.8 Å². The summed E-state index contributed by atoms with van der Waals surface area (Å²) in [6.07, 6.45) is 2.45. The van der Waals surface area contributed by atoms with Crippen LogP contribution in [-0.4, -0.2) is 16.2 Å². The summed E-state index contributed by atoms with van der Waals surface area (Å²) in [6, 6.07) is 14.9. The third-order valence-electron chi connectivity index (χ3n) is 4.36. The fraction of sp³-hybridized carbons (Fsp3) is 0.190. The second kappa shape index (κ2) is 8.67. The molecule has 0 saturated heterocycles. The van der Waals surface area contributed by atoms with Gasteiger partial charge in [-0.25, -0.2) is 9.78 Å². The zero-order valence-electron chi connectivity index (χ0n) is 15.8. The maximum absolute atomic E-state index is 13.1.